The third kappa shape index (κ3) is 2.61. The van der Waals surface area contributed by atoms with Gasteiger partial charge in [0, 0.05) is 5.41 Å². The van der Waals surface area contributed by atoms with Crippen LogP contribution in [-0.4, -0.2) is 17.5 Å². The highest BCUT2D eigenvalue weighted by atomic mass is 16.6. The van der Waals surface area contributed by atoms with Crippen LogP contribution in [0.15, 0.2) is 12.2 Å². The highest BCUT2D eigenvalue weighted by molar-refractivity contribution is 4.97. The van der Waals surface area contributed by atoms with Gasteiger partial charge < -0.3 is 9.84 Å². The fourth-order valence-corrected chi connectivity index (χ4v) is 1.09. The Morgan fingerprint density at radius 2 is 2.17 bits per heavy atom. The van der Waals surface area contributed by atoms with Crippen molar-refractivity contribution in [2.45, 2.75) is 46.0 Å². The maximum Gasteiger partial charge on any atom is 0.160 e. The Kier molecular flexibility index (Phi) is 2.91. The first-order valence-electron chi connectivity index (χ1n) is 4.50. The minimum Gasteiger partial charge on any atom is -0.367 e. The number of allylic oxidation sites excluding steroid dienone is 1. The Labute approximate surface area is 74.2 Å². The number of hydrogen-bond acceptors (Lipinski definition) is 2. The van der Waals surface area contributed by atoms with Gasteiger partial charge in [-0.05, 0) is 12.8 Å². The summed E-state index contributed by atoms with van der Waals surface area (Å²) in [6.45, 7) is 5.91. The first-order valence-corrected chi connectivity index (χ1v) is 4.50. The largest absolute Gasteiger partial charge is 0.367 e. The molecule has 0 amide bonds. The maximum atomic E-state index is 9.59. The second kappa shape index (κ2) is 3.58. The molecule has 1 N–H and O–H groups in total. The van der Waals surface area contributed by atoms with Gasteiger partial charge in [0.2, 0.25) is 0 Å². The molecule has 12 heavy (non-hydrogen) atoms. The molecule has 0 bridgehead atoms. The SMILES string of the molecule is CC(C)(C)C(O)OC1C=CCC1. The van der Waals surface area contributed by atoms with E-state index in [0.717, 1.165) is 12.8 Å². The van der Waals surface area contributed by atoms with Crippen molar-refractivity contribution in [2.24, 2.45) is 5.41 Å². The lowest BCUT2D eigenvalue weighted by Crippen LogP contribution is -2.31. The maximum absolute atomic E-state index is 9.59. The van der Waals surface area contributed by atoms with Gasteiger partial charge in [-0.25, -0.2) is 0 Å². The third-order valence-electron chi connectivity index (χ3n) is 2.01. The van der Waals surface area contributed by atoms with Crippen molar-refractivity contribution in [3.63, 3.8) is 0 Å². The van der Waals surface area contributed by atoms with Gasteiger partial charge in [0.05, 0.1) is 6.10 Å². The van der Waals surface area contributed by atoms with Gasteiger partial charge in [-0.15, -0.1) is 0 Å². The van der Waals surface area contributed by atoms with Crippen LogP contribution in [-0.2, 0) is 4.74 Å². The summed E-state index contributed by atoms with van der Waals surface area (Å²) in [5, 5.41) is 9.59. The monoisotopic (exact) mass is 170 g/mol. The molecule has 1 rings (SSSR count). The van der Waals surface area contributed by atoms with Crippen LogP contribution in [0.25, 0.3) is 0 Å². The van der Waals surface area contributed by atoms with Crippen molar-refractivity contribution >= 4 is 0 Å². The van der Waals surface area contributed by atoms with Gasteiger partial charge in [0.15, 0.2) is 6.29 Å². The molecule has 2 nitrogen and oxygen atoms in total. The molecular formula is C10H18O2. The Hall–Kier alpha value is -0.340. The topological polar surface area (TPSA) is 29.5 Å². The zero-order valence-electron chi connectivity index (χ0n) is 8.08. The molecule has 70 valence electrons. The van der Waals surface area contributed by atoms with E-state index < -0.39 is 6.29 Å². The molecule has 0 aromatic heterocycles. The molecule has 0 saturated heterocycles. The molecule has 1 aliphatic carbocycles. The first-order chi connectivity index (χ1) is 5.50. The smallest absolute Gasteiger partial charge is 0.160 e. The van der Waals surface area contributed by atoms with Crippen LogP contribution in [0.4, 0.5) is 0 Å². The van der Waals surface area contributed by atoms with Crippen LogP contribution < -0.4 is 0 Å². The van der Waals surface area contributed by atoms with E-state index >= 15 is 0 Å². The molecule has 0 saturated carbocycles. The second-order valence-electron chi connectivity index (χ2n) is 4.40. The summed E-state index contributed by atoms with van der Waals surface area (Å²) in [5.41, 5.74) is -0.184. The van der Waals surface area contributed by atoms with E-state index in [-0.39, 0.29) is 11.5 Å². The lowest BCUT2D eigenvalue weighted by molar-refractivity contribution is -0.176. The van der Waals surface area contributed by atoms with E-state index in [9.17, 15) is 5.11 Å². The molecule has 0 heterocycles. The molecule has 0 fully saturated rings. The predicted octanol–water partition coefficient (Wildman–Crippen LogP) is 2.09. The van der Waals surface area contributed by atoms with Crippen molar-refractivity contribution in [2.75, 3.05) is 0 Å². The molecule has 1 aliphatic rings. The lowest BCUT2D eigenvalue weighted by Gasteiger charge is -2.27. The van der Waals surface area contributed by atoms with E-state index in [1.54, 1.807) is 0 Å². The average molecular weight is 170 g/mol. The molecular weight excluding hydrogens is 152 g/mol. The zero-order chi connectivity index (χ0) is 9.19. The van der Waals surface area contributed by atoms with Gasteiger partial charge in [-0.2, -0.15) is 0 Å². The standard InChI is InChI=1S/C10H18O2/c1-10(2,3)9(11)12-8-6-4-5-7-8/h4,6,8-9,11H,5,7H2,1-3H3. The van der Waals surface area contributed by atoms with Gasteiger partial charge in [-0.3, -0.25) is 0 Å². The summed E-state index contributed by atoms with van der Waals surface area (Å²) in [4.78, 5) is 0. The summed E-state index contributed by atoms with van der Waals surface area (Å²) in [6, 6.07) is 0. The molecule has 0 radical (unpaired) electrons. The van der Waals surface area contributed by atoms with Crippen molar-refractivity contribution in [1.82, 2.24) is 0 Å². The fraction of sp³-hybridized carbons (Fsp3) is 0.800. The van der Waals surface area contributed by atoms with Crippen LogP contribution in [0.5, 0.6) is 0 Å². The Balaban J connectivity index is 2.35. The molecule has 2 heteroatoms. The molecule has 2 unspecified atom stereocenters. The highest BCUT2D eigenvalue weighted by Gasteiger charge is 2.25. The van der Waals surface area contributed by atoms with Crippen LogP contribution >= 0.6 is 0 Å². The van der Waals surface area contributed by atoms with Crippen molar-refractivity contribution in [3.8, 4) is 0 Å². The first kappa shape index (κ1) is 9.75. The van der Waals surface area contributed by atoms with E-state index in [1.807, 2.05) is 26.8 Å². The molecule has 0 aromatic rings. The number of hydrogen-bond donors (Lipinski definition) is 1. The lowest BCUT2D eigenvalue weighted by atomic mass is 9.96. The molecule has 0 spiro atoms. The van der Waals surface area contributed by atoms with Crippen LogP contribution in [0.2, 0.25) is 0 Å². The minimum atomic E-state index is -0.662. The van der Waals surface area contributed by atoms with Gasteiger partial charge in [0.1, 0.15) is 0 Å². The van der Waals surface area contributed by atoms with Crippen molar-refractivity contribution in [1.29, 1.82) is 0 Å². The summed E-state index contributed by atoms with van der Waals surface area (Å²) < 4.78 is 5.44. The minimum absolute atomic E-state index is 0.124. The highest BCUT2D eigenvalue weighted by Crippen LogP contribution is 2.24. The van der Waals surface area contributed by atoms with Gasteiger partial charge in [0.25, 0.3) is 0 Å². The normalized spacial score (nSPS) is 26.2. The average Bonchev–Trinajstić information content (AvgIpc) is 2.37. The predicted molar refractivity (Wildman–Crippen MR) is 48.7 cm³/mol. The van der Waals surface area contributed by atoms with Crippen LogP contribution in [0.1, 0.15) is 33.6 Å². The summed E-state index contributed by atoms with van der Waals surface area (Å²) in [5.74, 6) is 0. The number of ether oxygens (including phenoxy) is 1. The summed E-state index contributed by atoms with van der Waals surface area (Å²) in [6.07, 6.45) is 5.66. The molecule has 2 atom stereocenters. The molecule has 0 aliphatic heterocycles. The van der Waals surface area contributed by atoms with E-state index in [2.05, 4.69) is 6.08 Å². The number of aliphatic hydroxyl groups excluding tert-OH is 1. The van der Waals surface area contributed by atoms with Gasteiger partial charge >= 0.3 is 0 Å². The van der Waals surface area contributed by atoms with Crippen molar-refractivity contribution < 1.29 is 9.84 Å². The Bertz CT molecular complexity index is 167. The summed E-state index contributed by atoms with van der Waals surface area (Å²) in [7, 11) is 0. The number of aliphatic hydroxyl groups is 1. The van der Waals surface area contributed by atoms with Crippen LogP contribution in [0, 0.1) is 5.41 Å². The quantitative estimate of drug-likeness (QED) is 0.508. The van der Waals surface area contributed by atoms with Crippen LogP contribution in [0.3, 0.4) is 0 Å². The van der Waals surface area contributed by atoms with E-state index in [1.165, 1.54) is 0 Å². The fourth-order valence-electron chi connectivity index (χ4n) is 1.09. The Morgan fingerprint density at radius 3 is 2.58 bits per heavy atom. The zero-order valence-corrected chi connectivity index (χ0v) is 8.08. The summed E-state index contributed by atoms with van der Waals surface area (Å²) >= 11 is 0. The van der Waals surface area contributed by atoms with E-state index in [4.69, 9.17) is 4.74 Å². The third-order valence-corrected chi connectivity index (χ3v) is 2.01. The van der Waals surface area contributed by atoms with E-state index in [0.29, 0.717) is 0 Å². The van der Waals surface area contributed by atoms with Crippen molar-refractivity contribution in [3.05, 3.63) is 12.2 Å². The Morgan fingerprint density at radius 1 is 1.50 bits per heavy atom. The molecule has 0 aromatic carbocycles. The second-order valence-corrected chi connectivity index (χ2v) is 4.40. The van der Waals surface area contributed by atoms with Gasteiger partial charge in [-0.1, -0.05) is 32.9 Å². The number of rotatable bonds is 2.